The van der Waals surface area contributed by atoms with Crippen LogP contribution in [0, 0.1) is 0 Å². The molecule has 1 aliphatic rings. The fourth-order valence-corrected chi connectivity index (χ4v) is 3.10. The maximum atomic E-state index is 13.0. The topological polar surface area (TPSA) is 38.8 Å². The van der Waals surface area contributed by atoms with E-state index in [-0.39, 0.29) is 5.91 Å². The molecule has 1 atom stereocenters. The van der Waals surface area contributed by atoms with E-state index in [0.29, 0.717) is 5.76 Å². The van der Waals surface area contributed by atoms with Gasteiger partial charge in [-0.3, -0.25) is 9.69 Å². The highest BCUT2D eigenvalue weighted by atomic mass is 16.5. The molecule has 0 saturated heterocycles. The van der Waals surface area contributed by atoms with Gasteiger partial charge in [0.15, 0.2) is 0 Å². The van der Waals surface area contributed by atoms with Crippen LogP contribution < -0.4 is 9.64 Å². The SMILES string of the molecule is COc1ccc(C2=CC(=O)N(c3ccccc3)C(c3ccccc3)O2)cc1. The van der Waals surface area contributed by atoms with Gasteiger partial charge >= 0.3 is 0 Å². The minimum Gasteiger partial charge on any atom is -0.497 e. The molecule has 1 aliphatic heterocycles. The molecule has 0 bridgehead atoms. The van der Waals surface area contributed by atoms with E-state index in [4.69, 9.17) is 9.47 Å². The van der Waals surface area contributed by atoms with Crippen molar-refractivity contribution in [1.29, 1.82) is 0 Å². The zero-order valence-electron chi connectivity index (χ0n) is 14.9. The van der Waals surface area contributed by atoms with Crippen molar-refractivity contribution in [3.8, 4) is 5.75 Å². The zero-order valence-corrected chi connectivity index (χ0v) is 14.9. The van der Waals surface area contributed by atoms with Crippen LogP contribution in [-0.4, -0.2) is 13.0 Å². The maximum absolute atomic E-state index is 13.0. The van der Waals surface area contributed by atoms with Crippen LogP contribution in [0.15, 0.2) is 91.0 Å². The maximum Gasteiger partial charge on any atom is 0.257 e. The number of hydrogen-bond donors (Lipinski definition) is 0. The summed E-state index contributed by atoms with van der Waals surface area (Å²) in [6, 6.07) is 26.8. The number of ether oxygens (including phenoxy) is 2. The van der Waals surface area contributed by atoms with Crippen LogP contribution in [0.3, 0.4) is 0 Å². The predicted octanol–water partition coefficient (Wildman–Crippen LogP) is 4.80. The molecule has 3 aromatic rings. The van der Waals surface area contributed by atoms with Crippen molar-refractivity contribution in [1.82, 2.24) is 0 Å². The van der Waals surface area contributed by atoms with E-state index < -0.39 is 6.23 Å². The zero-order chi connectivity index (χ0) is 18.6. The Morgan fingerprint density at radius 3 is 2.11 bits per heavy atom. The molecule has 1 heterocycles. The van der Waals surface area contributed by atoms with E-state index in [1.807, 2.05) is 84.9 Å². The molecule has 3 aromatic carbocycles. The second-order valence-electron chi connectivity index (χ2n) is 6.16. The molecule has 0 aliphatic carbocycles. The van der Waals surface area contributed by atoms with Gasteiger partial charge in [0.2, 0.25) is 6.23 Å². The average Bonchev–Trinajstić information content (AvgIpc) is 2.74. The number of carbonyl (C=O) groups is 1. The van der Waals surface area contributed by atoms with Gasteiger partial charge in [-0.05, 0) is 36.4 Å². The van der Waals surface area contributed by atoms with E-state index in [9.17, 15) is 4.79 Å². The third-order valence-electron chi connectivity index (χ3n) is 4.46. The molecule has 0 saturated carbocycles. The number of nitrogens with zero attached hydrogens (tertiary/aromatic N) is 1. The van der Waals surface area contributed by atoms with Crippen LogP contribution in [0.2, 0.25) is 0 Å². The molecular formula is C23H19NO3. The Balaban J connectivity index is 1.76. The molecule has 1 amide bonds. The number of benzene rings is 3. The summed E-state index contributed by atoms with van der Waals surface area (Å²) in [6.07, 6.45) is 0.997. The van der Waals surface area contributed by atoms with Crippen LogP contribution in [0.5, 0.6) is 5.75 Å². The standard InChI is InChI=1S/C23H19NO3/c1-26-20-14-12-17(13-15-20)21-16-22(25)24(19-10-6-3-7-11-19)23(27-21)18-8-4-2-5-9-18/h2-16,23H,1H3. The van der Waals surface area contributed by atoms with Crippen LogP contribution >= 0.6 is 0 Å². The summed E-state index contributed by atoms with van der Waals surface area (Å²) < 4.78 is 11.5. The van der Waals surface area contributed by atoms with Crippen molar-refractivity contribution in [3.05, 3.63) is 102 Å². The molecule has 4 rings (SSSR count). The van der Waals surface area contributed by atoms with Crippen molar-refractivity contribution < 1.29 is 14.3 Å². The van der Waals surface area contributed by atoms with Gasteiger partial charge in [-0.2, -0.15) is 0 Å². The lowest BCUT2D eigenvalue weighted by atomic mass is 10.1. The second kappa shape index (κ2) is 7.38. The Morgan fingerprint density at radius 2 is 1.48 bits per heavy atom. The molecule has 1 unspecified atom stereocenters. The Morgan fingerprint density at radius 1 is 0.852 bits per heavy atom. The lowest BCUT2D eigenvalue weighted by molar-refractivity contribution is -0.117. The normalized spacial score (nSPS) is 16.5. The summed E-state index contributed by atoms with van der Waals surface area (Å²) >= 11 is 0. The van der Waals surface area contributed by atoms with E-state index in [1.54, 1.807) is 12.0 Å². The molecule has 0 radical (unpaired) electrons. The summed E-state index contributed by atoms with van der Waals surface area (Å²) in [4.78, 5) is 14.7. The Kier molecular flexibility index (Phi) is 4.62. The first-order valence-corrected chi connectivity index (χ1v) is 8.72. The first-order chi connectivity index (χ1) is 13.3. The van der Waals surface area contributed by atoms with E-state index in [0.717, 1.165) is 22.6 Å². The fourth-order valence-electron chi connectivity index (χ4n) is 3.10. The van der Waals surface area contributed by atoms with Gasteiger partial charge in [0.25, 0.3) is 5.91 Å². The summed E-state index contributed by atoms with van der Waals surface area (Å²) in [5.74, 6) is 1.18. The number of methoxy groups -OCH3 is 1. The summed E-state index contributed by atoms with van der Waals surface area (Å²) in [5.41, 5.74) is 2.54. The molecule has 4 nitrogen and oxygen atoms in total. The highest BCUT2D eigenvalue weighted by Crippen LogP contribution is 2.36. The molecule has 0 fully saturated rings. The quantitative estimate of drug-likeness (QED) is 0.673. The number of hydrogen-bond acceptors (Lipinski definition) is 3. The molecule has 4 heteroatoms. The van der Waals surface area contributed by atoms with Crippen molar-refractivity contribution in [3.63, 3.8) is 0 Å². The fraction of sp³-hybridized carbons (Fsp3) is 0.0870. The van der Waals surface area contributed by atoms with Crippen LogP contribution in [0.4, 0.5) is 5.69 Å². The molecule has 0 aromatic heterocycles. The highest BCUT2D eigenvalue weighted by Gasteiger charge is 2.32. The van der Waals surface area contributed by atoms with Gasteiger partial charge in [0.1, 0.15) is 11.5 Å². The Labute approximate surface area is 158 Å². The Bertz CT molecular complexity index is 950. The molecule has 134 valence electrons. The first-order valence-electron chi connectivity index (χ1n) is 8.72. The summed E-state index contributed by atoms with van der Waals surface area (Å²) in [7, 11) is 1.62. The third-order valence-corrected chi connectivity index (χ3v) is 4.46. The number of anilines is 1. The first kappa shape index (κ1) is 16.9. The predicted molar refractivity (Wildman–Crippen MR) is 105 cm³/mol. The van der Waals surface area contributed by atoms with Crippen molar-refractivity contribution in [2.75, 3.05) is 12.0 Å². The van der Waals surface area contributed by atoms with E-state index in [1.165, 1.54) is 6.08 Å². The minimum atomic E-state index is -0.539. The number of para-hydroxylation sites is 1. The van der Waals surface area contributed by atoms with Gasteiger partial charge in [0, 0.05) is 22.9 Å². The molecule has 0 N–H and O–H groups in total. The second-order valence-corrected chi connectivity index (χ2v) is 6.16. The lowest BCUT2D eigenvalue weighted by Crippen LogP contribution is -2.38. The number of amides is 1. The van der Waals surface area contributed by atoms with Gasteiger partial charge in [-0.1, -0.05) is 48.5 Å². The van der Waals surface area contributed by atoms with Gasteiger partial charge in [-0.25, -0.2) is 0 Å². The van der Waals surface area contributed by atoms with Crippen LogP contribution in [0.25, 0.3) is 5.76 Å². The third kappa shape index (κ3) is 3.42. The van der Waals surface area contributed by atoms with E-state index >= 15 is 0 Å². The van der Waals surface area contributed by atoms with Gasteiger partial charge < -0.3 is 9.47 Å². The highest BCUT2D eigenvalue weighted by molar-refractivity contribution is 6.06. The molecule has 0 spiro atoms. The minimum absolute atomic E-state index is 0.118. The largest absolute Gasteiger partial charge is 0.497 e. The smallest absolute Gasteiger partial charge is 0.257 e. The van der Waals surface area contributed by atoms with E-state index in [2.05, 4.69) is 0 Å². The van der Waals surface area contributed by atoms with Gasteiger partial charge in [-0.15, -0.1) is 0 Å². The summed E-state index contributed by atoms with van der Waals surface area (Å²) in [6.45, 7) is 0. The van der Waals surface area contributed by atoms with Crippen LogP contribution in [-0.2, 0) is 9.53 Å². The van der Waals surface area contributed by atoms with Crippen molar-refractivity contribution in [2.45, 2.75) is 6.23 Å². The Hall–Kier alpha value is -3.53. The van der Waals surface area contributed by atoms with Crippen LogP contribution in [0.1, 0.15) is 17.4 Å². The number of rotatable bonds is 4. The monoisotopic (exact) mass is 357 g/mol. The number of carbonyl (C=O) groups excluding carboxylic acids is 1. The molecular weight excluding hydrogens is 338 g/mol. The average molecular weight is 357 g/mol. The lowest BCUT2D eigenvalue weighted by Gasteiger charge is -2.35. The van der Waals surface area contributed by atoms with Crippen molar-refractivity contribution in [2.24, 2.45) is 0 Å². The van der Waals surface area contributed by atoms with Crippen molar-refractivity contribution >= 4 is 17.4 Å². The van der Waals surface area contributed by atoms with Gasteiger partial charge in [0.05, 0.1) is 7.11 Å². The molecule has 27 heavy (non-hydrogen) atoms. The summed E-state index contributed by atoms with van der Waals surface area (Å²) in [5, 5.41) is 0.